The summed E-state index contributed by atoms with van der Waals surface area (Å²) in [7, 11) is 0. The second-order valence-corrected chi connectivity index (χ2v) is 14.2. The first kappa shape index (κ1) is 43.9. The fraction of sp³-hybridized carbons (Fsp3) is 0.950. The van der Waals surface area contributed by atoms with Gasteiger partial charge in [0.1, 0.15) is 19.3 Å². The average molecular weight is 639 g/mol. The summed E-state index contributed by atoms with van der Waals surface area (Å²) < 4.78 is 10.3. The van der Waals surface area contributed by atoms with Crippen molar-refractivity contribution in [2.45, 2.75) is 226 Å². The van der Waals surface area contributed by atoms with Crippen LogP contribution in [0.25, 0.3) is 0 Å². The predicted octanol–water partition coefficient (Wildman–Crippen LogP) is 12.2. The maximum Gasteiger partial charge on any atom is 0.305 e. The van der Waals surface area contributed by atoms with Crippen molar-refractivity contribution in [1.82, 2.24) is 0 Å². The van der Waals surface area contributed by atoms with Gasteiger partial charge < -0.3 is 14.6 Å². The number of esters is 2. The van der Waals surface area contributed by atoms with Gasteiger partial charge in [0.2, 0.25) is 0 Å². The van der Waals surface area contributed by atoms with Crippen LogP contribution in [0.3, 0.4) is 0 Å². The number of aliphatic hydroxyl groups is 1. The molecule has 0 fully saturated rings. The van der Waals surface area contributed by atoms with Gasteiger partial charge in [-0.3, -0.25) is 9.59 Å². The van der Waals surface area contributed by atoms with Gasteiger partial charge in [-0.05, 0) is 18.8 Å². The quantitative estimate of drug-likeness (QED) is 0.0546. The van der Waals surface area contributed by atoms with Crippen molar-refractivity contribution in [2.75, 3.05) is 13.2 Å². The molecule has 0 saturated heterocycles. The smallest absolute Gasteiger partial charge is 0.305 e. The Hall–Kier alpha value is -1.10. The van der Waals surface area contributed by atoms with E-state index in [-0.39, 0.29) is 25.2 Å². The normalized spacial score (nSPS) is 12.1. The molecule has 0 rings (SSSR count). The van der Waals surface area contributed by atoms with Crippen molar-refractivity contribution in [3.05, 3.63) is 0 Å². The molecule has 268 valence electrons. The Morgan fingerprint density at radius 1 is 0.444 bits per heavy atom. The van der Waals surface area contributed by atoms with Gasteiger partial charge in [-0.1, -0.05) is 194 Å². The zero-order chi connectivity index (χ0) is 33.1. The van der Waals surface area contributed by atoms with E-state index < -0.39 is 6.10 Å². The van der Waals surface area contributed by atoms with Gasteiger partial charge in [-0.2, -0.15) is 0 Å². The largest absolute Gasteiger partial charge is 0.463 e. The number of hydrogen-bond donors (Lipinski definition) is 1. The minimum absolute atomic E-state index is 0.108. The molecule has 0 aliphatic rings. The first-order chi connectivity index (χ1) is 22.0. The van der Waals surface area contributed by atoms with Crippen LogP contribution in [0.2, 0.25) is 0 Å². The van der Waals surface area contributed by atoms with Gasteiger partial charge in [-0.25, -0.2) is 0 Å². The number of carbonyl (C=O) groups excluding carboxylic acids is 2. The van der Waals surface area contributed by atoms with E-state index in [4.69, 9.17) is 9.47 Å². The van der Waals surface area contributed by atoms with E-state index in [9.17, 15) is 14.7 Å². The summed E-state index contributed by atoms with van der Waals surface area (Å²) in [5.74, 6) is 0.301. The van der Waals surface area contributed by atoms with Gasteiger partial charge in [-0.15, -0.1) is 0 Å². The Bertz CT molecular complexity index is 620. The summed E-state index contributed by atoms with van der Waals surface area (Å²) in [6.45, 7) is 6.68. The molecule has 0 unspecified atom stereocenters. The molecular weight excluding hydrogens is 560 g/mol. The van der Waals surface area contributed by atoms with Gasteiger partial charge >= 0.3 is 11.9 Å². The van der Waals surface area contributed by atoms with Gasteiger partial charge in [0.25, 0.3) is 0 Å². The summed E-state index contributed by atoms with van der Waals surface area (Å²) in [6.07, 6.45) is 37.3. The van der Waals surface area contributed by atoms with Gasteiger partial charge in [0, 0.05) is 12.8 Å². The maximum atomic E-state index is 12.0. The molecule has 5 heteroatoms. The van der Waals surface area contributed by atoms with E-state index in [2.05, 4.69) is 20.8 Å². The SMILES string of the molecule is CCCCCCCCCCCCCCCCC(=O)OC[C@@H](O)COC(=O)CCCCCCCCCCCCCCCCC(C)C. The van der Waals surface area contributed by atoms with E-state index >= 15 is 0 Å². The molecule has 0 aromatic rings. The summed E-state index contributed by atoms with van der Waals surface area (Å²) in [5, 5.41) is 10.0. The zero-order valence-corrected chi connectivity index (χ0v) is 30.6. The Kier molecular flexibility index (Phi) is 34.9. The highest BCUT2D eigenvalue weighted by molar-refractivity contribution is 5.69. The van der Waals surface area contributed by atoms with Crippen LogP contribution in [-0.4, -0.2) is 36.4 Å². The molecule has 1 atom stereocenters. The molecule has 0 aromatic carbocycles. The molecule has 0 aliphatic carbocycles. The van der Waals surface area contributed by atoms with Crippen molar-refractivity contribution < 1.29 is 24.2 Å². The van der Waals surface area contributed by atoms with Gasteiger partial charge in [0.05, 0.1) is 0 Å². The number of rotatable bonds is 36. The number of ether oxygens (including phenoxy) is 2. The number of hydrogen-bond acceptors (Lipinski definition) is 5. The number of carbonyl (C=O) groups is 2. The molecule has 0 bridgehead atoms. The molecule has 5 nitrogen and oxygen atoms in total. The molecule has 0 spiro atoms. The molecule has 0 radical (unpaired) electrons. The summed E-state index contributed by atoms with van der Waals surface area (Å²) in [5.41, 5.74) is 0. The third kappa shape index (κ3) is 37.2. The second kappa shape index (κ2) is 35.7. The molecule has 0 aromatic heterocycles. The molecule has 0 amide bonds. The van der Waals surface area contributed by atoms with Crippen LogP contribution < -0.4 is 0 Å². The van der Waals surface area contributed by atoms with Crippen LogP contribution >= 0.6 is 0 Å². The summed E-state index contributed by atoms with van der Waals surface area (Å²) >= 11 is 0. The first-order valence-corrected chi connectivity index (χ1v) is 19.9. The van der Waals surface area contributed by atoms with Crippen LogP contribution in [0.5, 0.6) is 0 Å². The van der Waals surface area contributed by atoms with Crippen LogP contribution in [-0.2, 0) is 19.1 Å². The highest BCUT2D eigenvalue weighted by Crippen LogP contribution is 2.16. The van der Waals surface area contributed by atoms with E-state index in [1.165, 1.54) is 161 Å². The van der Waals surface area contributed by atoms with Crippen molar-refractivity contribution in [3.63, 3.8) is 0 Å². The molecule has 45 heavy (non-hydrogen) atoms. The average Bonchev–Trinajstić information content (AvgIpc) is 3.02. The Labute approximate surface area is 280 Å². The lowest BCUT2D eigenvalue weighted by atomic mass is 10.0. The Balaban J connectivity index is 3.37. The van der Waals surface area contributed by atoms with Crippen molar-refractivity contribution >= 4 is 11.9 Å². The van der Waals surface area contributed by atoms with Crippen LogP contribution in [0, 0.1) is 5.92 Å². The second-order valence-electron chi connectivity index (χ2n) is 14.2. The number of aliphatic hydroxyl groups excluding tert-OH is 1. The molecule has 0 heterocycles. The van der Waals surface area contributed by atoms with Crippen molar-refractivity contribution in [2.24, 2.45) is 5.92 Å². The molecular formula is C40H78O5. The highest BCUT2D eigenvalue weighted by Gasteiger charge is 2.12. The number of unbranched alkanes of at least 4 members (excludes halogenated alkanes) is 26. The third-order valence-corrected chi connectivity index (χ3v) is 9.02. The van der Waals surface area contributed by atoms with Crippen molar-refractivity contribution in [1.29, 1.82) is 0 Å². The van der Waals surface area contributed by atoms with Crippen LogP contribution in [0.1, 0.15) is 220 Å². The minimum atomic E-state index is -0.955. The lowest BCUT2D eigenvalue weighted by Gasteiger charge is -2.12. The topological polar surface area (TPSA) is 72.8 Å². The Morgan fingerprint density at radius 3 is 1.00 bits per heavy atom. The highest BCUT2D eigenvalue weighted by atomic mass is 16.6. The summed E-state index contributed by atoms with van der Waals surface area (Å²) in [4.78, 5) is 23.9. The monoisotopic (exact) mass is 639 g/mol. The first-order valence-electron chi connectivity index (χ1n) is 19.9. The van der Waals surface area contributed by atoms with Gasteiger partial charge in [0.15, 0.2) is 0 Å². The van der Waals surface area contributed by atoms with E-state index in [1.807, 2.05) is 0 Å². The van der Waals surface area contributed by atoms with Crippen LogP contribution in [0.4, 0.5) is 0 Å². The fourth-order valence-corrected chi connectivity index (χ4v) is 5.98. The minimum Gasteiger partial charge on any atom is -0.463 e. The van der Waals surface area contributed by atoms with E-state index in [1.54, 1.807) is 0 Å². The lowest BCUT2D eigenvalue weighted by Crippen LogP contribution is -2.25. The lowest BCUT2D eigenvalue weighted by molar-refractivity contribution is -0.152. The maximum absolute atomic E-state index is 12.0. The molecule has 0 aliphatic heterocycles. The van der Waals surface area contributed by atoms with E-state index in [0.29, 0.717) is 12.8 Å². The standard InChI is InChI=1S/C40H78O5/c1-4-5-6-7-8-9-10-11-15-18-21-24-27-30-33-39(42)44-35-38(41)36-45-40(43)34-31-28-25-22-19-16-13-12-14-17-20-23-26-29-32-37(2)3/h37-38,41H,4-36H2,1-3H3/t38-/m1/s1. The van der Waals surface area contributed by atoms with Crippen LogP contribution in [0.15, 0.2) is 0 Å². The molecule has 0 saturated carbocycles. The van der Waals surface area contributed by atoms with Crippen molar-refractivity contribution in [3.8, 4) is 0 Å². The predicted molar refractivity (Wildman–Crippen MR) is 192 cm³/mol. The Morgan fingerprint density at radius 2 is 0.711 bits per heavy atom. The molecule has 1 N–H and O–H groups in total. The zero-order valence-electron chi connectivity index (χ0n) is 30.6. The van der Waals surface area contributed by atoms with E-state index in [0.717, 1.165) is 31.6 Å². The summed E-state index contributed by atoms with van der Waals surface area (Å²) in [6, 6.07) is 0. The third-order valence-electron chi connectivity index (χ3n) is 9.02. The fourth-order valence-electron chi connectivity index (χ4n) is 5.98.